The molecule has 1 spiro atoms. The maximum atomic E-state index is 12.6. The number of ether oxygens (including phenoxy) is 1. The van der Waals surface area contributed by atoms with Gasteiger partial charge in [0, 0.05) is 23.2 Å². The molecule has 2 aliphatic carbocycles. The fraction of sp³-hybridized carbons (Fsp3) is 0.462. The number of benzene rings is 1. The fourth-order valence-electron chi connectivity index (χ4n) is 5.61. The molecule has 34 heavy (non-hydrogen) atoms. The van der Waals surface area contributed by atoms with Crippen LogP contribution in [-0.4, -0.2) is 42.1 Å². The van der Waals surface area contributed by atoms with Gasteiger partial charge < -0.3 is 19.4 Å². The zero-order chi connectivity index (χ0) is 23.1. The van der Waals surface area contributed by atoms with Crippen LogP contribution in [0.3, 0.4) is 0 Å². The number of nitrogens with zero attached hydrogens (tertiary/aromatic N) is 4. The van der Waals surface area contributed by atoms with Gasteiger partial charge in [0.05, 0.1) is 28.4 Å². The monoisotopic (exact) mass is 457 g/mol. The zero-order valence-corrected chi connectivity index (χ0v) is 19.3. The third-order valence-corrected chi connectivity index (χ3v) is 7.79. The Morgan fingerprint density at radius 2 is 2.00 bits per heavy atom. The lowest BCUT2D eigenvalue weighted by Crippen LogP contribution is -2.42. The summed E-state index contributed by atoms with van der Waals surface area (Å²) in [7, 11) is 0. The minimum Gasteiger partial charge on any atom is -0.376 e. The van der Waals surface area contributed by atoms with Crippen LogP contribution < -0.4 is 0 Å². The van der Waals surface area contributed by atoms with Crippen LogP contribution in [0.2, 0.25) is 0 Å². The molecule has 2 unspecified atom stereocenters. The number of H-pyrrole nitrogens is 1. The van der Waals surface area contributed by atoms with Crippen LogP contribution in [0.1, 0.15) is 73.0 Å². The van der Waals surface area contributed by atoms with Gasteiger partial charge in [0.2, 0.25) is 0 Å². The number of fused-ring (bicyclic) bond motifs is 1. The molecule has 1 saturated heterocycles. The molecule has 0 amide bonds. The molecule has 2 atom stereocenters. The number of nitrogens with one attached hydrogen (secondary N) is 1. The van der Waals surface area contributed by atoms with E-state index in [-0.39, 0.29) is 5.60 Å². The molecule has 3 aliphatic rings. The van der Waals surface area contributed by atoms with E-state index in [4.69, 9.17) is 14.2 Å². The number of aromatic amines is 1. The largest absolute Gasteiger partial charge is 0.376 e. The van der Waals surface area contributed by atoms with Crippen LogP contribution in [0.5, 0.6) is 0 Å². The Bertz CT molecular complexity index is 1380. The molecular weight excluding hydrogens is 430 g/mol. The molecular formula is C26H27N5O3. The van der Waals surface area contributed by atoms with E-state index in [2.05, 4.69) is 26.4 Å². The van der Waals surface area contributed by atoms with Crippen molar-refractivity contribution in [3.8, 4) is 11.1 Å². The Labute approximate surface area is 196 Å². The average molecular weight is 458 g/mol. The summed E-state index contributed by atoms with van der Waals surface area (Å²) >= 11 is 0. The molecule has 4 aromatic rings. The van der Waals surface area contributed by atoms with Crippen molar-refractivity contribution in [3.63, 3.8) is 0 Å². The number of rotatable bonds is 5. The molecule has 8 nitrogen and oxygen atoms in total. The van der Waals surface area contributed by atoms with E-state index in [1.54, 1.807) is 6.20 Å². The van der Waals surface area contributed by atoms with Crippen molar-refractivity contribution in [3.05, 3.63) is 59.0 Å². The Balaban J connectivity index is 1.50. The maximum Gasteiger partial charge on any atom is 0.161 e. The smallest absolute Gasteiger partial charge is 0.161 e. The second kappa shape index (κ2) is 6.96. The first kappa shape index (κ1) is 20.3. The lowest BCUT2D eigenvalue weighted by Gasteiger charge is -2.34. The van der Waals surface area contributed by atoms with Crippen LogP contribution in [0, 0.1) is 13.8 Å². The highest BCUT2D eigenvalue weighted by Gasteiger charge is 2.57. The number of imidazole rings is 1. The molecule has 0 radical (unpaired) electrons. The number of hydrogen-bond donors (Lipinski definition) is 2. The minimum atomic E-state index is -1.50. The molecule has 3 aromatic heterocycles. The van der Waals surface area contributed by atoms with Gasteiger partial charge in [0.15, 0.2) is 5.60 Å². The molecule has 8 heteroatoms. The number of aromatic nitrogens is 5. The zero-order valence-electron chi connectivity index (χ0n) is 19.3. The van der Waals surface area contributed by atoms with E-state index < -0.39 is 11.7 Å². The molecule has 1 aliphatic heterocycles. The van der Waals surface area contributed by atoms with Gasteiger partial charge in [-0.3, -0.25) is 0 Å². The quantitative estimate of drug-likeness (QED) is 0.456. The van der Waals surface area contributed by atoms with Crippen molar-refractivity contribution in [2.24, 2.45) is 0 Å². The highest BCUT2D eigenvalue weighted by molar-refractivity contribution is 5.87. The summed E-state index contributed by atoms with van der Waals surface area (Å²) in [6.45, 7) is 3.84. The van der Waals surface area contributed by atoms with Crippen LogP contribution >= 0.6 is 0 Å². The standard InChI is InChI=1S/C26H27N5O3/c1-14-22(15(2)34-31-14)17-12-18(23-19(13-17)28-24(29-23)16-5-6-16)26(32,20-4-3-11-27-30-20)21-7-8-25(33-21)9-10-25/h3-4,11-13,16,21,32H,5-10H2,1-2H3,(H,28,29). The summed E-state index contributed by atoms with van der Waals surface area (Å²) in [5, 5.41) is 25.3. The van der Waals surface area contributed by atoms with Gasteiger partial charge in [-0.15, -0.1) is 0 Å². The van der Waals surface area contributed by atoms with Crippen molar-refractivity contribution in [2.75, 3.05) is 0 Å². The van der Waals surface area contributed by atoms with Crippen molar-refractivity contribution in [1.82, 2.24) is 25.3 Å². The van der Waals surface area contributed by atoms with Crippen molar-refractivity contribution >= 4 is 11.0 Å². The first-order chi connectivity index (χ1) is 16.5. The Kier molecular flexibility index (Phi) is 4.15. The van der Waals surface area contributed by atoms with Gasteiger partial charge in [-0.25, -0.2) is 4.98 Å². The first-order valence-electron chi connectivity index (χ1n) is 12.1. The average Bonchev–Trinajstić information content (AvgIpc) is 3.71. The van der Waals surface area contributed by atoms with Crippen molar-refractivity contribution in [1.29, 1.82) is 0 Å². The van der Waals surface area contributed by atoms with Gasteiger partial charge >= 0.3 is 0 Å². The molecule has 1 aromatic carbocycles. The van der Waals surface area contributed by atoms with E-state index >= 15 is 0 Å². The van der Waals surface area contributed by atoms with Crippen LogP contribution in [-0.2, 0) is 10.3 Å². The van der Waals surface area contributed by atoms with Gasteiger partial charge in [0.25, 0.3) is 0 Å². The summed E-state index contributed by atoms with van der Waals surface area (Å²) in [6, 6.07) is 7.74. The van der Waals surface area contributed by atoms with Gasteiger partial charge in [0.1, 0.15) is 17.3 Å². The Hall–Kier alpha value is -3.10. The highest BCUT2D eigenvalue weighted by Crippen LogP contribution is 2.54. The summed E-state index contributed by atoms with van der Waals surface area (Å²) in [5.74, 6) is 2.16. The summed E-state index contributed by atoms with van der Waals surface area (Å²) in [5.41, 5.74) is 3.87. The summed E-state index contributed by atoms with van der Waals surface area (Å²) in [6.07, 6.45) is 7.24. The third-order valence-electron chi connectivity index (χ3n) is 7.79. The van der Waals surface area contributed by atoms with E-state index in [9.17, 15) is 5.11 Å². The SMILES string of the molecule is Cc1noc(C)c1-c1cc(C(O)(c2cccnn2)C2CCC3(CC3)O2)c2nc(C3CC3)[nH]c2c1. The Morgan fingerprint density at radius 3 is 2.65 bits per heavy atom. The van der Waals surface area contributed by atoms with Crippen LogP contribution in [0.15, 0.2) is 35.0 Å². The van der Waals surface area contributed by atoms with Gasteiger partial charge in [-0.1, -0.05) is 5.16 Å². The maximum absolute atomic E-state index is 12.6. The summed E-state index contributed by atoms with van der Waals surface area (Å²) < 4.78 is 12.0. The molecule has 7 rings (SSSR count). The second-order valence-electron chi connectivity index (χ2n) is 10.2. The topological polar surface area (TPSA) is 110 Å². The third kappa shape index (κ3) is 2.98. The van der Waals surface area contributed by atoms with Gasteiger partial charge in [-0.2, -0.15) is 10.2 Å². The second-order valence-corrected chi connectivity index (χ2v) is 10.2. The fourth-order valence-corrected chi connectivity index (χ4v) is 5.61. The van der Waals surface area contributed by atoms with E-state index in [1.807, 2.05) is 32.0 Å². The number of hydrogen-bond acceptors (Lipinski definition) is 7. The highest BCUT2D eigenvalue weighted by atomic mass is 16.5. The summed E-state index contributed by atoms with van der Waals surface area (Å²) in [4.78, 5) is 8.53. The first-order valence-corrected chi connectivity index (χ1v) is 12.1. The lowest BCUT2D eigenvalue weighted by molar-refractivity contribution is -0.0937. The molecule has 4 heterocycles. The van der Waals surface area contributed by atoms with E-state index in [1.165, 1.54) is 0 Å². The Morgan fingerprint density at radius 1 is 1.15 bits per heavy atom. The number of aryl methyl sites for hydroxylation is 2. The predicted octanol–water partition coefficient (Wildman–Crippen LogP) is 4.45. The normalized spacial score (nSPS) is 23.0. The lowest BCUT2D eigenvalue weighted by atomic mass is 9.81. The predicted molar refractivity (Wildman–Crippen MR) is 124 cm³/mol. The molecule has 174 valence electrons. The molecule has 0 bridgehead atoms. The van der Waals surface area contributed by atoms with Crippen molar-refractivity contribution < 1.29 is 14.4 Å². The number of aliphatic hydroxyl groups is 1. The van der Waals surface area contributed by atoms with Crippen LogP contribution in [0.25, 0.3) is 22.2 Å². The van der Waals surface area contributed by atoms with E-state index in [0.717, 1.165) is 78.0 Å². The molecule has 2 saturated carbocycles. The van der Waals surface area contributed by atoms with Gasteiger partial charge in [-0.05, 0) is 82.2 Å². The van der Waals surface area contributed by atoms with Crippen LogP contribution in [0.4, 0.5) is 0 Å². The minimum absolute atomic E-state index is 0.0933. The molecule has 2 N–H and O–H groups in total. The van der Waals surface area contributed by atoms with E-state index in [0.29, 0.717) is 17.2 Å². The molecule has 3 fully saturated rings. The van der Waals surface area contributed by atoms with Crippen molar-refractivity contribution in [2.45, 2.75) is 75.6 Å².